The largest absolute Gasteiger partial charge is 0.437 e. The van der Waals surface area contributed by atoms with E-state index >= 15 is 0 Å². The summed E-state index contributed by atoms with van der Waals surface area (Å²) >= 11 is 0. The summed E-state index contributed by atoms with van der Waals surface area (Å²) < 4.78 is 8.06. The third-order valence-corrected chi connectivity index (χ3v) is 6.47. The van der Waals surface area contributed by atoms with Crippen LogP contribution in [0.1, 0.15) is 28.2 Å². The van der Waals surface area contributed by atoms with Crippen LogP contribution < -0.4 is 10.1 Å². The Balaban J connectivity index is 1.22. The Kier molecular flexibility index (Phi) is 6.23. The van der Waals surface area contributed by atoms with Crippen molar-refractivity contribution < 1.29 is 9.53 Å². The third-order valence-electron chi connectivity index (χ3n) is 6.47. The lowest BCUT2D eigenvalue weighted by Crippen LogP contribution is -2.36. The Morgan fingerprint density at radius 2 is 1.69 bits per heavy atom. The summed E-state index contributed by atoms with van der Waals surface area (Å²) in [6.45, 7) is 7.47. The Bertz CT molecular complexity index is 1340. The van der Waals surface area contributed by atoms with Crippen molar-refractivity contribution in [3.63, 3.8) is 0 Å². The number of pyridine rings is 2. The lowest BCUT2D eigenvalue weighted by atomic mass is 10.0. The molecule has 7 nitrogen and oxygen atoms in total. The first-order valence-corrected chi connectivity index (χ1v) is 11.9. The number of carbonyl (C=O) groups excluding carboxylic acids is 1. The van der Waals surface area contributed by atoms with Crippen LogP contribution in [0, 0.1) is 20.8 Å². The van der Waals surface area contributed by atoms with Crippen LogP contribution in [0.2, 0.25) is 0 Å². The fourth-order valence-electron chi connectivity index (χ4n) is 4.54. The van der Waals surface area contributed by atoms with Gasteiger partial charge in [-0.25, -0.2) is 9.78 Å². The fourth-order valence-corrected chi connectivity index (χ4v) is 4.54. The molecule has 1 aliphatic heterocycles. The number of aryl methyl sites for hydroxylation is 3. The second kappa shape index (κ2) is 9.62. The van der Waals surface area contributed by atoms with Crippen molar-refractivity contribution in [1.29, 1.82) is 0 Å². The zero-order valence-electron chi connectivity index (χ0n) is 20.3. The monoisotopic (exact) mass is 467 g/mol. The molecule has 2 amide bonds. The molecule has 5 rings (SSSR count). The molecule has 3 aromatic heterocycles. The van der Waals surface area contributed by atoms with Gasteiger partial charge in [-0.2, -0.15) is 0 Å². The van der Waals surface area contributed by atoms with E-state index in [4.69, 9.17) is 4.74 Å². The van der Waals surface area contributed by atoms with Gasteiger partial charge < -0.3 is 19.5 Å². The number of urea groups is 1. The van der Waals surface area contributed by atoms with E-state index in [2.05, 4.69) is 64.0 Å². The molecule has 1 aromatic carbocycles. The van der Waals surface area contributed by atoms with Gasteiger partial charge in [0.25, 0.3) is 0 Å². The second-order valence-corrected chi connectivity index (χ2v) is 8.90. The van der Waals surface area contributed by atoms with Gasteiger partial charge in [-0.15, -0.1) is 0 Å². The molecule has 0 unspecified atom stereocenters. The molecule has 4 heterocycles. The summed E-state index contributed by atoms with van der Waals surface area (Å²) in [6.07, 6.45) is 4.99. The van der Waals surface area contributed by atoms with Gasteiger partial charge in [0.1, 0.15) is 0 Å². The summed E-state index contributed by atoms with van der Waals surface area (Å²) in [7, 11) is 0. The summed E-state index contributed by atoms with van der Waals surface area (Å²) in [5.74, 6) is 1.11. The lowest BCUT2D eigenvalue weighted by Gasteiger charge is -2.20. The molecule has 35 heavy (non-hydrogen) atoms. The van der Waals surface area contributed by atoms with E-state index in [-0.39, 0.29) is 6.03 Å². The molecule has 178 valence electrons. The number of amides is 2. The van der Waals surface area contributed by atoms with Gasteiger partial charge in [0, 0.05) is 42.4 Å². The number of hydrogen-bond acceptors (Lipinski definition) is 4. The van der Waals surface area contributed by atoms with E-state index in [9.17, 15) is 4.79 Å². The van der Waals surface area contributed by atoms with Gasteiger partial charge in [-0.3, -0.25) is 4.98 Å². The first-order valence-electron chi connectivity index (χ1n) is 11.9. The van der Waals surface area contributed by atoms with Crippen molar-refractivity contribution in [2.75, 3.05) is 18.4 Å². The Morgan fingerprint density at radius 3 is 2.40 bits per heavy atom. The van der Waals surface area contributed by atoms with Crippen LogP contribution in [0.4, 0.5) is 10.5 Å². The first kappa shape index (κ1) is 22.7. The highest BCUT2D eigenvalue weighted by molar-refractivity contribution is 5.89. The molecular weight excluding hydrogens is 438 g/mol. The molecule has 0 aliphatic carbocycles. The molecule has 0 atom stereocenters. The number of aromatic nitrogens is 3. The Labute approximate surface area is 205 Å². The zero-order chi connectivity index (χ0) is 24.4. The number of rotatable bonds is 4. The quantitative estimate of drug-likeness (QED) is 0.423. The van der Waals surface area contributed by atoms with Crippen LogP contribution in [0.15, 0.2) is 67.0 Å². The van der Waals surface area contributed by atoms with Crippen LogP contribution in [0.3, 0.4) is 0 Å². The number of nitrogens with zero attached hydrogens (tertiary/aromatic N) is 4. The van der Waals surface area contributed by atoms with Gasteiger partial charge in [-0.05, 0) is 87.2 Å². The van der Waals surface area contributed by atoms with E-state index in [0.717, 1.165) is 18.5 Å². The molecule has 7 heteroatoms. The normalized spacial score (nSPS) is 13.2. The van der Waals surface area contributed by atoms with Crippen LogP contribution in [0.25, 0.3) is 5.69 Å². The predicted molar refractivity (Wildman–Crippen MR) is 137 cm³/mol. The van der Waals surface area contributed by atoms with Crippen molar-refractivity contribution in [2.45, 2.75) is 33.6 Å². The SMILES string of the molecule is Cc1ncccc1Oc1ccc(NC(=O)N2CCc3ccc(-n4c(C)ccc4C)cc3CC2)cn1. The third kappa shape index (κ3) is 4.89. The molecule has 1 aliphatic rings. The van der Waals surface area contributed by atoms with E-state index in [1.54, 1.807) is 24.5 Å². The smallest absolute Gasteiger partial charge is 0.321 e. The minimum absolute atomic E-state index is 0.117. The number of hydrogen-bond donors (Lipinski definition) is 1. The number of carbonyl (C=O) groups is 1. The van der Waals surface area contributed by atoms with Crippen molar-refractivity contribution in [3.05, 3.63) is 95.2 Å². The summed E-state index contributed by atoms with van der Waals surface area (Å²) in [4.78, 5) is 23.4. The highest BCUT2D eigenvalue weighted by Gasteiger charge is 2.19. The maximum absolute atomic E-state index is 13.0. The van der Waals surface area contributed by atoms with Crippen LogP contribution in [-0.2, 0) is 12.8 Å². The maximum atomic E-state index is 13.0. The number of anilines is 1. The number of fused-ring (bicyclic) bond motifs is 1. The standard InChI is InChI=1S/C28H29N5O2/c1-19-6-7-20(2)33(19)25-10-8-22-12-15-32(16-13-23(22)17-25)28(34)31-24-9-11-27(30-18-24)35-26-5-4-14-29-21(26)3/h4-11,14,17-18H,12-13,15-16H2,1-3H3,(H,31,34). The average Bonchev–Trinajstić information content (AvgIpc) is 3.06. The second-order valence-electron chi connectivity index (χ2n) is 8.90. The minimum Gasteiger partial charge on any atom is -0.437 e. The summed E-state index contributed by atoms with van der Waals surface area (Å²) in [5, 5.41) is 2.97. The minimum atomic E-state index is -0.117. The average molecular weight is 468 g/mol. The topological polar surface area (TPSA) is 72.3 Å². The number of ether oxygens (including phenoxy) is 1. The molecular formula is C28H29N5O2. The van der Waals surface area contributed by atoms with Gasteiger partial charge >= 0.3 is 6.03 Å². The molecule has 0 saturated carbocycles. The van der Waals surface area contributed by atoms with E-state index in [0.29, 0.717) is 30.4 Å². The van der Waals surface area contributed by atoms with Crippen molar-refractivity contribution in [2.24, 2.45) is 0 Å². The van der Waals surface area contributed by atoms with Crippen molar-refractivity contribution >= 4 is 11.7 Å². The molecule has 1 N–H and O–H groups in total. The van der Waals surface area contributed by atoms with Crippen molar-refractivity contribution in [1.82, 2.24) is 19.4 Å². The lowest BCUT2D eigenvalue weighted by molar-refractivity contribution is 0.214. The molecule has 0 saturated heterocycles. The summed E-state index contributed by atoms with van der Waals surface area (Å²) in [5.41, 5.74) is 7.65. The molecule has 0 bridgehead atoms. The van der Waals surface area contributed by atoms with Gasteiger partial charge in [0.2, 0.25) is 5.88 Å². The highest BCUT2D eigenvalue weighted by atomic mass is 16.5. The van der Waals surface area contributed by atoms with Crippen LogP contribution in [-0.4, -0.2) is 38.6 Å². The fraction of sp³-hybridized carbons (Fsp3) is 0.250. The maximum Gasteiger partial charge on any atom is 0.321 e. The van der Waals surface area contributed by atoms with E-state index < -0.39 is 0 Å². The van der Waals surface area contributed by atoms with Crippen LogP contribution >= 0.6 is 0 Å². The molecule has 4 aromatic rings. The summed E-state index contributed by atoms with van der Waals surface area (Å²) in [6, 6.07) is 18.0. The molecule has 0 radical (unpaired) electrons. The van der Waals surface area contributed by atoms with Gasteiger partial charge in [-0.1, -0.05) is 6.07 Å². The highest BCUT2D eigenvalue weighted by Crippen LogP contribution is 2.24. The van der Waals surface area contributed by atoms with Gasteiger partial charge in [0.15, 0.2) is 5.75 Å². The number of nitrogens with one attached hydrogen (secondary N) is 1. The van der Waals surface area contributed by atoms with Crippen molar-refractivity contribution in [3.8, 4) is 17.3 Å². The van der Waals surface area contributed by atoms with E-state index in [1.807, 2.05) is 24.0 Å². The Hall–Kier alpha value is -4.13. The van der Waals surface area contributed by atoms with Gasteiger partial charge in [0.05, 0.1) is 17.6 Å². The number of benzene rings is 1. The zero-order valence-corrected chi connectivity index (χ0v) is 20.3. The first-order chi connectivity index (χ1) is 17.0. The molecule has 0 spiro atoms. The van der Waals surface area contributed by atoms with E-state index in [1.165, 1.54) is 28.2 Å². The molecule has 0 fully saturated rings. The predicted octanol–water partition coefficient (Wildman–Crippen LogP) is 5.62. The van der Waals surface area contributed by atoms with Crippen LogP contribution in [0.5, 0.6) is 11.6 Å². The Morgan fingerprint density at radius 1 is 0.914 bits per heavy atom.